The first-order valence-corrected chi connectivity index (χ1v) is 8.78. The van der Waals surface area contributed by atoms with Crippen molar-refractivity contribution in [1.29, 1.82) is 0 Å². The number of azo groups is 1. The molecule has 2 aromatic carbocycles. The molecule has 0 aliphatic rings. The molecule has 0 aromatic heterocycles. The molecule has 0 fully saturated rings. The predicted octanol–water partition coefficient (Wildman–Crippen LogP) is 4.91. The largest absolute Gasteiger partial charge is 0.478 e. The molecule has 0 aliphatic carbocycles. The number of anilines is 2. The van der Waals surface area contributed by atoms with Crippen molar-refractivity contribution < 1.29 is 14.7 Å². The third kappa shape index (κ3) is 5.13. The highest BCUT2D eigenvalue weighted by atomic mass is 16.4. The van der Waals surface area contributed by atoms with Gasteiger partial charge in [-0.3, -0.25) is 4.79 Å². The summed E-state index contributed by atoms with van der Waals surface area (Å²) >= 11 is 0. The third-order valence-electron chi connectivity index (χ3n) is 4.14. The van der Waals surface area contributed by atoms with E-state index < -0.39 is 5.97 Å². The number of carboxylic acid groups (broad SMARTS) is 1. The first-order chi connectivity index (χ1) is 12.8. The fourth-order valence-corrected chi connectivity index (χ4v) is 2.64. The van der Waals surface area contributed by atoms with Gasteiger partial charge in [0.2, 0.25) is 5.91 Å². The molecule has 2 aromatic rings. The van der Waals surface area contributed by atoms with Crippen LogP contribution in [0.4, 0.5) is 22.7 Å². The van der Waals surface area contributed by atoms with E-state index in [-0.39, 0.29) is 11.5 Å². The van der Waals surface area contributed by atoms with Gasteiger partial charge in [0.15, 0.2) is 0 Å². The number of aryl methyl sites for hydroxylation is 1. The molecule has 0 radical (unpaired) electrons. The van der Waals surface area contributed by atoms with Gasteiger partial charge in [0.05, 0.1) is 16.9 Å². The van der Waals surface area contributed by atoms with Crippen LogP contribution in [0.3, 0.4) is 0 Å². The summed E-state index contributed by atoms with van der Waals surface area (Å²) in [7, 11) is 0. The van der Waals surface area contributed by atoms with Crippen LogP contribution in [0.5, 0.6) is 0 Å². The lowest BCUT2D eigenvalue weighted by Gasteiger charge is -2.22. The second-order valence-electron chi connectivity index (χ2n) is 6.06. The number of carboxylic acids is 1. The summed E-state index contributed by atoms with van der Waals surface area (Å²) in [4.78, 5) is 24.9. The number of rotatable bonds is 7. The van der Waals surface area contributed by atoms with Gasteiger partial charge >= 0.3 is 5.97 Å². The fourth-order valence-electron chi connectivity index (χ4n) is 2.64. The van der Waals surface area contributed by atoms with Gasteiger partial charge in [-0.05, 0) is 56.7 Å². The van der Waals surface area contributed by atoms with E-state index in [9.17, 15) is 9.59 Å². The molecule has 2 rings (SSSR count). The molecule has 0 aliphatic heterocycles. The number of carbonyl (C=O) groups excluding carboxylic acids is 1. The highest BCUT2D eigenvalue weighted by Crippen LogP contribution is 2.32. The predicted molar refractivity (Wildman–Crippen MR) is 107 cm³/mol. The molecule has 7 nitrogen and oxygen atoms in total. The average Bonchev–Trinajstić information content (AvgIpc) is 2.62. The van der Waals surface area contributed by atoms with Crippen molar-refractivity contribution in [1.82, 2.24) is 0 Å². The van der Waals surface area contributed by atoms with E-state index in [1.165, 1.54) is 19.1 Å². The summed E-state index contributed by atoms with van der Waals surface area (Å²) in [5.74, 6) is -1.22. The van der Waals surface area contributed by atoms with Crippen LogP contribution in [-0.2, 0) is 4.79 Å². The van der Waals surface area contributed by atoms with Gasteiger partial charge in [0.1, 0.15) is 5.69 Å². The van der Waals surface area contributed by atoms with Crippen LogP contribution in [0.15, 0.2) is 46.6 Å². The standard InChI is InChI=1S/C20H24N4O3/c1-5-24(6-2)16-9-10-17(19(12-16)21-14(4)25)22-23-18-11-15(20(26)27)8-7-13(18)3/h7-12H,5-6H2,1-4H3,(H,21,25)(H,26,27). The van der Waals surface area contributed by atoms with E-state index in [4.69, 9.17) is 5.11 Å². The van der Waals surface area contributed by atoms with Crippen molar-refractivity contribution in [2.24, 2.45) is 10.2 Å². The number of hydrogen-bond donors (Lipinski definition) is 2. The number of nitrogens with zero attached hydrogens (tertiary/aromatic N) is 3. The van der Waals surface area contributed by atoms with Crippen LogP contribution in [0.1, 0.15) is 36.7 Å². The van der Waals surface area contributed by atoms with Gasteiger partial charge in [0.25, 0.3) is 0 Å². The zero-order chi connectivity index (χ0) is 20.0. The van der Waals surface area contributed by atoms with Gasteiger partial charge in [-0.2, -0.15) is 5.11 Å². The van der Waals surface area contributed by atoms with Gasteiger partial charge in [-0.15, -0.1) is 5.11 Å². The Morgan fingerprint density at radius 2 is 1.70 bits per heavy atom. The SMILES string of the molecule is CCN(CC)c1ccc(N=Nc2cc(C(=O)O)ccc2C)c(NC(C)=O)c1. The maximum Gasteiger partial charge on any atom is 0.335 e. The Morgan fingerprint density at radius 3 is 2.30 bits per heavy atom. The minimum Gasteiger partial charge on any atom is -0.478 e. The normalized spacial score (nSPS) is 10.8. The van der Waals surface area contributed by atoms with E-state index >= 15 is 0 Å². The third-order valence-corrected chi connectivity index (χ3v) is 4.14. The first kappa shape index (κ1) is 20.1. The number of carbonyl (C=O) groups is 2. The molecule has 0 saturated carbocycles. The summed E-state index contributed by atoms with van der Waals surface area (Å²) in [5.41, 5.74) is 3.46. The minimum atomic E-state index is -1.02. The van der Waals surface area contributed by atoms with Crippen LogP contribution >= 0.6 is 0 Å². The Bertz CT molecular complexity index is 874. The highest BCUT2D eigenvalue weighted by molar-refractivity contribution is 5.93. The Morgan fingerprint density at radius 1 is 1.04 bits per heavy atom. The summed E-state index contributed by atoms with van der Waals surface area (Å²) < 4.78 is 0. The van der Waals surface area contributed by atoms with Crippen molar-refractivity contribution in [3.8, 4) is 0 Å². The van der Waals surface area contributed by atoms with Crippen molar-refractivity contribution in [3.05, 3.63) is 47.5 Å². The maximum atomic E-state index is 11.6. The molecule has 1 amide bonds. The average molecular weight is 368 g/mol. The quantitative estimate of drug-likeness (QED) is 0.679. The highest BCUT2D eigenvalue weighted by Gasteiger charge is 2.10. The van der Waals surface area contributed by atoms with Crippen LogP contribution in [0.2, 0.25) is 0 Å². The number of amides is 1. The lowest BCUT2D eigenvalue weighted by molar-refractivity contribution is -0.114. The van der Waals surface area contributed by atoms with E-state index in [2.05, 4.69) is 34.3 Å². The first-order valence-electron chi connectivity index (χ1n) is 8.78. The number of hydrogen-bond acceptors (Lipinski definition) is 5. The molecule has 0 saturated heterocycles. The Labute approximate surface area is 158 Å². The summed E-state index contributed by atoms with van der Waals surface area (Å²) in [6.45, 7) is 9.08. The van der Waals surface area contributed by atoms with E-state index in [0.29, 0.717) is 17.1 Å². The lowest BCUT2D eigenvalue weighted by Crippen LogP contribution is -2.21. The summed E-state index contributed by atoms with van der Waals surface area (Å²) in [6.07, 6.45) is 0. The van der Waals surface area contributed by atoms with Crippen LogP contribution in [0.25, 0.3) is 0 Å². The summed E-state index contributed by atoms with van der Waals surface area (Å²) in [5, 5.41) is 20.4. The van der Waals surface area contributed by atoms with Gasteiger partial charge < -0.3 is 15.3 Å². The van der Waals surface area contributed by atoms with Crippen molar-refractivity contribution in [3.63, 3.8) is 0 Å². The topological polar surface area (TPSA) is 94.4 Å². The summed E-state index contributed by atoms with van der Waals surface area (Å²) in [6, 6.07) is 10.3. The van der Waals surface area contributed by atoms with Crippen LogP contribution in [0, 0.1) is 6.92 Å². The van der Waals surface area contributed by atoms with E-state index in [1.807, 2.05) is 19.1 Å². The molecule has 2 N–H and O–H groups in total. The van der Waals surface area contributed by atoms with Crippen LogP contribution < -0.4 is 10.2 Å². The monoisotopic (exact) mass is 368 g/mol. The molecular formula is C20H24N4O3. The minimum absolute atomic E-state index is 0.147. The lowest BCUT2D eigenvalue weighted by atomic mass is 10.1. The molecule has 0 spiro atoms. The van der Waals surface area contributed by atoms with Crippen molar-refractivity contribution >= 4 is 34.6 Å². The molecule has 27 heavy (non-hydrogen) atoms. The van der Waals surface area contributed by atoms with E-state index in [0.717, 1.165) is 24.3 Å². The zero-order valence-corrected chi connectivity index (χ0v) is 16.0. The molecule has 142 valence electrons. The fraction of sp³-hybridized carbons (Fsp3) is 0.300. The van der Waals surface area contributed by atoms with E-state index in [1.54, 1.807) is 12.1 Å². The molecule has 7 heteroatoms. The molecular weight excluding hydrogens is 344 g/mol. The molecule has 0 bridgehead atoms. The maximum absolute atomic E-state index is 11.6. The Kier molecular flexibility index (Phi) is 6.65. The van der Waals surface area contributed by atoms with Crippen molar-refractivity contribution in [2.75, 3.05) is 23.3 Å². The molecule has 0 atom stereocenters. The molecule has 0 unspecified atom stereocenters. The Balaban J connectivity index is 2.42. The number of nitrogens with one attached hydrogen (secondary N) is 1. The van der Waals surface area contributed by atoms with Gasteiger partial charge in [0, 0.05) is 25.7 Å². The van der Waals surface area contributed by atoms with Gasteiger partial charge in [-0.1, -0.05) is 6.07 Å². The number of benzene rings is 2. The smallest absolute Gasteiger partial charge is 0.335 e. The van der Waals surface area contributed by atoms with Crippen LogP contribution in [-0.4, -0.2) is 30.1 Å². The second-order valence-corrected chi connectivity index (χ2v) is 6.06. The molecule has 0 heterocycles. The Hall–Kier alpha value is -3.22. The van der Waals surface area contributed by atoms with Gasteiger partial charge in [-0.25, -0.2) is 4.79 Å². The zero-order valence-electron chi connectivity index (χ0n) is 16.0. The second kappa shape index (κ2) is 8.93. The number of aromatic carboxylic acids is 1. The van der Waals surface area contributed by atoms with Crippen molar-refractivity contribution in [2.45, 2.75) is 27.7 Å².